The quantitative estimate of drug-likeness (QED) is 0.0911. The zero-order valence-corrected chi connectivity index (χ0v) is 27.0. The van der Waals surface area contributed by atoms with Gasteiger partial charge in [-0.25, -0.2) is 4.79 Å². The fourth-order valence-corrected chi connectivity index (χ4v) is 8.63. The number of nitriles is 1. The molecule has 0 radical (unpaired) electrons. The highest BCUT2D eigenvalue weighted by Crippen LogP contribution is 2.53. The summed E-state index contributed by atoms with van der Waals surface area (Å²) in [4.78, 5) is 15.4. The van der Waals surface area contributed by atoms with Gasteiger partial charge in [-0.05, 0) is 60.4 Å². The molecule has 0 saturated heterocycles. The first-order chi connectivity index (χ1) is 22.6. The fraction of sp³-hybridized carbons (Fsp3) is 0.211. The number of ether oxygens (including phenoxy) is 2. The van der Waals surface area contributed by atoms with E-state index in [0.717, 1.165) is 33.8 Å². The maximum atomic E-state index is 11.6. The van der Waals surface area contributed by atoms with Crippen molar-refractivity contribution in [1.29, 1.82) is 5.26 Å². The van der Waals surface area contributed by atoms with Gasteiger partial charge in [0.2, 0.25) is 0 Å². The molecule has 46 heavy (non-hydrogen) atoms. The van der Waals surface area contributed by atoms with Crippen LogP contribution in [-0.4, -0.2) is 28.9 Å². The topological polar surface area (TPSA) is 84.5 Å². The molecule has 0 bridgehead atoms. The second-order valence-electron chi connectivity index (χ2n) is 11.3. The van der Waals surface area contributed by atoms with Crippen molar-refractivity contribution in [1.82, 2.24) is 4.57 Å². The molecule has 0 atom stereocenters. The standard InChI is InChI=1S/C38H32N2O4S2/c1-2-3-4-5-10-25-21-33(37-35-34(43-19-20-44-35)32(45-37)22-26(23-39)38(41)42)46-36(25)24-15-17-27(18-16-24)40-30-13-8-6-11-28(30)29-12-7-9-14-31(29)40/h6-9,11-18,21-22H,2-5,10,19-20H2,1H3,(H,41,42). The maximum absolute atomic E-state index is 11.6. The summed E-state index contributed by atoms with van der Waals surface area (Å²) in [6, 6.07) is 30.0. The largest absolute Gasteiger partial charge is 0.485 e. The number of rotatable bonds is 10. The van der Waals surface area contributed by atoms with E-state index in [-0.39, 0.29) is 5.57 Å². The van der Waals surface area contributed by atoms with E-state index in [0.29, 0.717) is 29.6 Å². The average molecular weight is 645 g/mol. The monoisotopic (exact) mass is 644 g/mol. The molecule has 3 aromatic heterocycles. The minimum atomic E-state index is -1.26. The number of unbranched alkanes of at least 4 members (excludes halogenated alkanes) is 3. The lowest BCUT2D eigenvalue weighted by atomic mass is 10.0. The van der Waals surface area contributed by atoms with Crippen molar-refractivity contribution >= 4 is 56.5 Å². The molecule has 0 unspecified atom stereocenters. The van der Waals surface area contributed by atoms with Gasteiger partial charge in [-0.15, -0.1) is 22.7 Å². The minimum Gasteiger partial charge on any atom is -0.485 e. The fourth-order valence-electron chi connectivity index (χ4n) is 6.18. The number of carboxylic acid groups (broad SMARTS) is 1. The van der Waals surface area contributed by atoms with Crippen LogP contribution < -0.4 is 9.47 Å². The number of para-hydroxylation sites is 2. The summed E-state index contributed by atoms with van der Waals surface area (Å²) in [5, 5.41) is 21.3. The molecule has 3 aromatic carbocycles. The van der Waals surface area contributed by atoms with E-state index in [1.807, 2.05) is 0 Å². The van der Waals surface area contributed by atoms with Gasteiger partial charge in [-0.1, -0.05) is 74.7 Å². The van der Waals surface area contributed by atoms with E-state index in [2.05, 4.69) is 90.4 Å². The third-order valence-electron chi connectivity index (χ3n) is 8.35. The molecule has 0 amide bonds. The Kier molecular flexibility index (Phi) is 8.35. The highest BCUT2D eigenvalue weighted by atomic mass is 32.1. The number of aryl methyl sites for hydroxylation is 1. The normalized spacial score (nSPS) is 12.9. The number of fused-ring (bicyclic) bond motifs is 4. The number of aromatic nitrogens is 1. The first-order valence-electron chi connectivity index (χ1n) is 15.6. The second kappa shape index (κ2) is 12.9. The molecule has 1 N–H and O–H groups in total. The summed E-state index contributed by atoms with van der Waals surface area (Å²) in [5.74, 6) is -0.132. The van der Waals surface area contributed by atoms with Crippen molar-refractivity contribution in [2.45, 2.75) is 39.0 Å². The summed E-state index contributed by atoms with van der Waals surface area (Å²) >= 11 is 3.13. The van der Waals surface area contributed by atoms with Gasteiger partial charge < -0.3 is 19.1 Å². The molecule has 6 nitrogen and oxygen atoms in total. The van der Waals surface area contributed by atoms with Crippen LogP contribution in [0.5, 0.6) is 11.5 Å². The summed E-state index contributed by atoms with van der Waals surface area (Å²) < 4.78 is 14.4. The van der Waals surface area contributed by atoms with Gasteiger partial charge in [0.25, 0.3) is 0 Å². The van der Waals surface area contributed by atoms with Gasteiger partial charge in [0.05, 0.1) is 20.8 Å². The van der Waals surface area contributed by atoms with Crippen molar-refractivity contribution in [2.75, 3.05) is 13.2 Å². The lowest BCUT2D eigenvalue weighted by Gasteiger charge is -2.16. The van der Waals surface area contributed by atoms with Crippen LogP contribution in [0, 0.1) is 11.3 Å². The molecule has 6 aromatic rings. The van der Waals surface area contributed by atoms with E-state index in [9.17, 15) is 15.2 Å². The number of aliphatic carboxylic acids is 1. The summed E-state index contributed by atoms with van der Waals surface area (Å²) in [6.45, 7) is 3.01. The minimum absolute atomic E-state index is 0.336. The van der Waals surface area contributed by atoms with Crippen LogP contribution in [0.4, 0.5) is 0 Å². The van der Waals surface area contributed by atoms with Crippen LogP contribution >= 0.6 is 22.7 Å². The number of hydrogen-bond donors (Lipinski definition) is 1. The van der Waals surface area contributed by atoms with Crippen LogP contribution in [0.2, 0.25) is 0 Å². The number of nitrogens with zero attached hydrogens (tertiary/aromatic N) is 2. The van der Waals surface area contributed by atoms with Gasteiger partial charge in [-0.2, -0.15) is 5.26 Å². The van der Waals surface area contributed by atoms with Gasteiger partial charge in [0, 0.05) is 26.2 Å². The SMILES string of the molecule is CCCCCCc1cc(-c2sc(C=C(C#N)C(=O)O)c3c2OCCO3)sc1-c1ccc(-n2c3ccccc3c3ccccc32)cc1. The third-order valence-corrected chi connectivity index (χ3v) is 10.9. The van der Waals surface area contributed by atoms with Crippen LogP contribution in [0.1, 0.15) is 43.0 Å². The molecule has 0 aliphatic carbocycles. The molecule has 8 heteroatoms. The Balaban J connectivity index is 1.31. The van der Waals surface area contributed by atoms with Crippen LogP contribution in [0.3, 0.4) is 0 Å². The lowest BCUT2D eigenvalue weighted by molar-refractivity contribution is -0.132. The zero-order valence-electron chi connectivity index (χ0n) is 25.4. The van der Waals surface area contributed by atoms with Crippen molar-refractivity contribution < 1.29 is 19.4 Å². The molecular weight excluding hydrogens is 613 g/mol. The van der Waals surface area contributed by atoms with E-state index < -0.39 is 5.97 Å². The number of hydrogen-bond acceptors (Lipinski definition) is 6. The zero-order chi connectivity index (χ0) is 31.6. The molecule has 0 spiro atoms. The molecular formula is C38H32N2O4S2. The van der Waals surface area contributed by atoms with Gasteiger partial charge >= 0.3 is 5.97 Å². The smallest absolute Gasteiger partial charge is 0.346 e. The van der Waals surface area contributed by atoms with Crippen LogP contribution in [0.15, 0.2) is 84.4 Å². The van der Waals surface area contributed by atoms with Gasteiger partial charge in [-0.3, -0.25) is 0 Å². The molecule has 7 rings (SSSR count). The van der Waals surface area contributed by atoms with Gasteiger partial charge in [0.15, 0.2) is 11.5 Å². The molecule has 0 saturated carbocycles. The third kappa shape index (κ3) is 5.46. The number of carbonyl (C=O) groups is 1. The van der Waals surface area contributed by atoms with E-state index in [1.54, 1.807) is 17.4 Å². The molecule has 1 aliphatic rings. The molecule has 0 fully saturated rings. The predicted octanol–water partition coefficient (Wildman–Crippen LogP) is 10.1. The second-order valence-corrected chi connectivity index (χ2v) is 13.4. The maximum Gasteiger partial charge on any atom is 0.346 e. The Bertz CT molecular complexity index is 2090. The Morgan fingerprint density at radius 1 is 0.891 bits per heavy atom. The molecule has 230 valence electrons. The first kappa shape index (κ1) is 29.8. The first-order valence-corrected chi connectivity index (χ1v) is 17.2. The summed E-state index contributed by atoms with van der Waals surface area (Å²) in [7, 11) is 0. The van der Waals surface area contributed by atoms with Crippen molar-refractivity contribution in [3.63, 3.8) is 0 Å². The van der Waals surface area contributed by atoms with E-state index in [1.165, 1.54) is 68.9 Å². The van der Waals surface area contributed by atoms with Crippen LogP contribution in [0.25, 0.3) is 53.8 Å². The summed E-state index contributed by atoms with van der Waals surface area (Å²) in [5.41, 5.74) is 5.60. The predicted molar refractivity (Wildman–Crippen MR) is 187 cm³/mol. The number of carboxylic acids is 1. The van der Waals surface area contributed by atoms with E-state index in [4.69, 9.17) is 9.47 Å². The number of benzene rings is 3. The lowest BCUT2D eigenvalue weighted by Crippen LogP contribution is -2.14. The van der Waals surface area contributed by atoms with Crippen molar-refractivity contribution in [3.05, 3.63) is 94.9 Å². The van der Waals surface area contributed by atoms with Crippen molar-refractivity contribution in [3.8, 4) is 43.5 Å². The van der Waals surface area contributed by atoms with Gasteiger partial charge in [0.1, 0.15) is 24.9 Å². The van der Waals surface area contributed by atoms with Crippen molar-refractivity contribution in [2.24, 2.45) is 0 Å². The number of thiophene rings is 2. The van der Waals surface area contributed by atoms with E-state index >= 15 is 0 Å². The molecule has 1 aliphatic heterocycles. The Morgan fingerprint density at radius 2 is 1.57 bits per heavy atom. The average Bonchev–Trinajstić information content (AvgIpc) is 3.77. The summed E-state index contributed by atoms with van der Waals surface area (Å²) in [6.07, 6.45) is 7.04. The Labute approximate surface area is 275 Å². The highest BCUT2D eigenvalue weighted by molar-refractivity contribution is 7.24. The highest BCUT2D eigenvalue weighted by Gasteiger charge is 2.27. The Hall–Kier alpha value is -4.84. The Morgan fingerprint density at radius 3 is 2.22 bits per heavy atom. The molecule has 4 heterocycles. The van der Waals surface area contributed by atoms with Crippen LogP contribution in [-0.2, 0) is 11.2 Å².